The maximum absolute atomic E-state index is 14.1. The van der Waals surface area contributed by atoms with E-state index in [1.807, 2.05) is 0 Å². The maximum atomic E-state index is 14.1. The van der Waals surface area contributed by atoms with Gasteiger partial charge in [-0.15, -0.1) is 0 Å². The van der Waals surface area contributed by atoms with Crippen molar-refractivity contribution in [3.8, 4) is 0 Å². The van der Waals surface area contributed by atoms with Crippen molar-refractivity contribution in [1.29, 1.82) is 0 Å². The lowest BCUT2D eigenvalue weighted by atomic mass is 9.80. The number of ketones is 1. The first-order valence-electron chi connectivity index (χ1n) is 36.5. The molecule has 0 aromatic carbocycles. The van der Waals surface area contributed by atoms with E-state index in [-0.39, 0.29) is 39.1 Å². The van der Waals surface area contributed by atoms with Crippen LogP contribution in [0.5, 0.6) is 0 Å². The summed E-state index contributed by atoms with van der Waals surface area (Å²) in [6.45, 7) is -14.4. The number of Topliss-reactive ketones (excluding diaryl/α,β-unsaturated/α-hetero) is 1. The number of aliphatic hydroxyl groups is 30. The lowest BCUT2D eigenvalue weighted by Crippen LogP contribution is -2.61. The van der Waals surface area contributed by atoms with E-state index in [4.69, 9.17) is 0 Å². The molecule has 0 bridgehead atoms. The van der Waals surface area contributed by atoms with Crippen LogP contribution in [-0.2, 0) is 47.9 Å². The van der Waals surface area contributed by atoms with E-state index in [1.54, 1.807) is 4.90 Å². The summed E-state index contributed by atoms with van der Waals surface area (Å²) in [5.74, 6) is -14.6. The quantitative estimate of drug-likeness (QED) is 0.0269. The first-order chi connectivity index (χ1) is 54.4. The molecule has 682 valence electrons. The van der Waals surface area contributed by atoms with Crippen molar-refractivity contribution >= 4 is 59.1 Å². The average Bonchev–Trinajstić information content (AvgIpc) is 1.69. The minimum Gasteiger partial charge on any atom is -0.480 e. The van der Waals surface area contributed by atoms with E-state index < -0.39 is 352 Å². The molecule has 1 rings (SSSR count). The normalized spacial score (nSPS) is 22.0. The Morgan fingerprint density at radius 3 is 0.949 bits per heavy atom. The van der Waals surface area contributed by atoms with E-state index in [2.05, 4.69) is 37.2 Å². The van der Waals surface area contributed by atoms with Crippen molar-refractivity contribution in [2.45, 2.75) is 204 Å². The Hall–Kier alpha value is -6.42. The van der Waals surface area contributed by atoms with Gasteiger partial charge in [-0.2, -0.15) is 0 Å². The Labute approximate surface area is 666 Å². The van der Waals surface area contributed by atoms with Crippen molar-refractivity contribution in [3.63, 3.8) is 0 Å². The van der Waals surface area contributed by atoms with Gasteiger partial charge >= 0.3 is 11.9 Å². The number of rotatable bonds is 59. The van der Waals surface area contributed by atoms with Gasteiger partial charge in [0.25, 0.3) is 29.5 Å². The summed E-state index contributed by atoms with van der Waals surface area (Å²) < 4.78 is 0. The zero-order chi connectivity index (χ0) is 90.1. The van der Waals surface area contributed by atoms with E-state index in [1.165, 1.54) is 23.8 Å². The molecule has 39 N–H and O–H groups in total. The maximum Gasteiger partial charge on any atom is 0.320 e. The standard InChI is InChI=1S/C65H120N10O42/c1-63(73(2)12-38(91)92)26-74(9-3-4-36(89)66-19-64(8-7-29(82)39(93)46(100)40(94)30(83)13-76,20-68-57(111)52(106)47(101)41(95)31(84)14-77)21-69-58(112)53(107)48(102)42(96)32(85)15-78)10-11-75(27-63)28(62(116)117)5-6-37(90)67-22-65(23-70-59(113)54(108)49(103)43(97)33(86)16-79,24-71-60(114)55(109)50(104)44(98)34(87)17-80)25-72-61(115)56(110)51(105)45(99)35(88)18-81/h28,30-35,39-56,76-81,83-88,93-110H,3-27H2,1-2H3,(H,66,89)(H,67,90)(H,68,111)(H,69,112)(H,70,113)(H,71,114)(H,72,115)(H,91,92)(H,116,117)/t28-,30?,31?,32?,33?,34?,35?,39?,40?,41?,42?,43?,44?,45?,46?,47?,48?,49?,50?,51?,52?,53?,54?,55?,56?,63?,64?,65?/m1/s1. The second-order valence-electron chi connectivity index (χ2n) is 29.2. The van der Waals surface area contributed by atoms with Crippen LogP contribution in [-0.4, -0.2) is 527 Å². The number of aliphatic hydroxyl groups excluding tert-OH is 30. The number of aliphatic carboxylic acids is 2. The van der Waals surface area contributed by atoms with Gasteiger partial charge in [0.05, 0.1) is 46.2 Å². The fourth-order valence-electron chi connectivity index (χ4n) is 11.8. The molecule has 1 aliphatic heterocycles. The van der Waals surface area contributed by atoms with Crippen LogP contribution in [0.15, 0.2) is 0 Å². The fourth-order valence-corrected chi connectivity index (χ4v) is 11.8. The molecule has 0 spiro atoms. The number of nitrogens with zero attached hydrogens (tertiary/aromatic N) is 3. The summed E-state index contributed by atoms with van der Waals surface area (Å²) in [4.78, 5) is 139. The number of carboxylic acid groups (broad SMARTS) is 2. The highest BCUT2D eigenvalue weighted by atomic mass is 16.4. The topological polar surface area (TPSA) is 912 Å². The van der Waals surface area contributed by atoms with Gasteiger partial charge in [-0.25, -0.2) is 0 Å². The monoisotopic (exact) mass is 1710 g/mol. The average molecular weight is 1710 g/mol. The van der Waals surface area contributed by atoms with Crippen LogP contribution in [0.4, 0.5) is 0 Å². The third-order valence-electron chi connectivity index (χ3n) is 20.0. The van der Waals surface area contributed by atoms with Crippen molar-refractivity contribution in [1.82, 2.24) is 51.9 Å². The van der Waals surface area contributed by atoms with Crippen LogP contribution in [0.2, 0.25) is 0 Å². The lowest BCUT2D eigenvalue weighted by Gasteiger charge is -2.42. The summed E-state index contributed by atoms with van der Waals surface area (Å²) in [6, 6.07) is -1.68. The molecule has 26 atom stereocenters. The minimum atomic E-state index is -2.72. The van der Waals surface area contributed by atoms with E-state index in [9.17, 15) is 211 Å². The smallest absolute Gasteiger partial charge is 0.320 e. The second-order valence-corrected chi connectivity index (χ2v) is 29.2. The van der Waals surface area contributed by atoms with E-state index >= 15 is 0 Å². The van der Waals surface area contributed by atoms with Crippen LogP contribution < -0.4 is 37.2 Å². The summed E-state index contributed by atoms with van der Waals surface area (Å²) >= 11 is 0. The molecule has 1 fully saturated rings. The summed E-state index contributed by atoms with van der Waals surface area (Å²) in [6.07, 6.45) is -62.8. The molecule has 0 radical (unpaired) electrons. The molecule has 0 aliphatic carbocycles. The van der Waals surface area contributed by atoms with E-state index in [0.717, 1.165) is 0 Å². The number of hydrogen-bond acceptors (Lipinski definition) is 43. The molecule has 52 nitrogen and oxygen atoms in total. The summed E-state index contributed by atoms with van der Waals surface area (Å²) in [5.41, 5.74) is -5.79. The van der Waals surface area contributed by atoms with Gasteiger partial charge in [0.2, 0.25) is 11.8 Å². The zero-order valence-corrected chi connectivity index (χ0v) is 63.8. The van der Waals surface area contributed by atoms with Crippen molar-refractivity contribution < 1.29 is 211 Å². The molecule has 0 saturated carbocycles. The summed E-state index contributed by atoms with van der Waals surface area (Å²) in [5, 5.41) is 340. The Morgan fingerprint density at radius 2 is 0.650 bits per heavy atom. The van der Waals surface area contributed by atoms with Crippen molar-refractivity contribution in [3.05, 3.63) is 0 Å². The van der Waals surface area contributed by atoms with Crippen LogP contribution in [0, 0.1) is 10.8 Å². The van der Waals surface area contributed by atoms with Gasteiger partial charge in [0, 0.05) is 108 Å². The van der Waals surface area contributed by atoms with Crippen LogP contribution in [0.25, 0.3) is 0 Å². The van der Waals surface area contributed by atoms with Crippen molar-refractivity contribution in [2.24, 2.45) is 10.8 Å². The molecule has 52 heteroatoms. The van der Waals surface area contributed by atoms with Gasteiger partial charge in [0.15, 0.2) is 36.3 Å². The highest BCUT2D eigenvalue weighted by molar-refractivity contribution is 5.85. The van der Waals surface area contributed by atoms with Crippen LogP contribution >= 0.6 is 0 Å². The second kappa shape index (κ2) is 52.0. The lowest BCUT2D eigenvalue weighted by molar-refractivity contribution is -0.151. The summed E-state index contributed by atoms with van der Waals surface area (Å²) in [7, 11) is 1.36. The minimum absolute atomic E-state index is 0.102. The number of hydrogen-bond donors (Lipinski definition) is 39. The molecule has 1 aliphatic rings. The molecular formula is C65H120N10O42. The third kappa shape index (κ3) is 33.8. The number of carbonyl (C=O) groups is 10. The molecule has 1 heterocycles. The van der Waals surface area contributed by atoms with Gasteiger partial charge < -0.3 is 206 Å². The largest absolute Gasteiger partial charge is 0.480 e. The Balaban J connectivity index is 3.96. The first kappa shape index (κ1) is 109. The Kier molecular flexibility index (Phi) is 48.3. The molecule has 25 unspecified atom stereocenters. The van der Waals surface area contributed by atoms with E-state index in [0.29, 0.717) is 0 Å². The number of amides is 7. The molecule has 0 aromatic heterocycles. The predicted molar refractivity (Wildman–Crippen MR) is 383 cm³/mol. The molecule has 117 heavy (non-hydrogen) atoms. The van der Waals surface area contributed by atoms with Gasteiger partial charge in [-0.1, -0.05) is 0 Å². The highest BCUT2D eigenvalue weighted by Gasteiger charge is 2.46. The first-order valence-corrected chi connectivity index (χ1v) is 36.5. The number of likely N-dealkylation sites (N-methyl/N-ethyl adjacent to an activating group) is 1. The van der Waals surface area contributed by atoms with Gasteiger partial charge in [-0.3, -0.25) is 57.7 Å². The molecule has 1 saturated heterocycles. The van der Waals surface area contributed by atoms with Crippen LogP contribution in [0.1, 0.15) is 45.4 Å². The Bertz CT molecular complexity index is 2840. The SMILES string of the molecule is CN(CC(=O)O)C1(C)CN(CCCC(=O)NCC(CCC(=O)C(O)C(O)C(O)C(O)CO)(CNC(=O)C(O)C(O)C(O)C(O)CO)CNC(=O)C(O)C(O)C(O)C(O)CO)CCN([C@H](CCC(=O)NCC(CNC(=O)C(O)C(O)C(O)C(O)CO)(CNC(=O)C(O)C(O)C(O)C(O)CO)CNC(=O)C(O)C(O)C(O)C(O)CO)C(=O)O)C1. The number of nitrogens with one attached hydrogen (secondary N) is 7. The highest BCUT2D eigenvalue weighted by Crippen LogP contribution is 2.28. The molecule has 7 amide bonds. The zero-order valence-electron chi connectivity index (χ0n) is 63.8. The molecule has 0 aromatic rings. The van der Waals surface area contributed by atoms with Gasteiger partial charge in [0.1, 0.15) is 122 Å². The fraction of sp³-hybridized carbons (Fsp3) is 0.846. The third-order valence-corrected chi connectivity index (χ3v) is 20.0. The van der Waals surface area contributed by atoms with Gasteiger partial charge in [-0.05, 0) is 39.8 Å². The predicted octanol–water partition coefficient (Wildman–Crippen LogP) is -23.9. The Morgan fingerprint density at radius 1 is 0.368 bits per heavy atom. The molecular weight excluding hydrogens is 1590 g/mol. The number of carbonyl (C=O) groups excluding carboxylic acids is 8. The van der Waals surface area contributed by atoms with Crippen LogP contribution in [0.3, 0.4) is 0 Å². The van der Waals surface area contributed by atoms with Crippen molar-refractivity contribution in [2.75, 3.05) is 132 Å². The number of carboxylic acids is 2.